The highest BCUT2D eigenvalue weighted by Crippen LogP contribution is 2.23. The number of ether oxygens (including phenoxy) is 2. The van der Waals surface area contributed by atoms with Gasteiger partial charge in [0.1, 0.15) is 24.4 Å². The quantitative estimate of drug-likeness (QED) is 0.0261. The van der Waals surface area contributed by atoms with E-state index in [4.69, 9.17) is 9.47 Å². The molecule has 0 spiro atoms. The van der Waals surface area contributed by atoms with Crippen LogP contribution in [0.2, 0.25) is 0 Å². The molecule has 6 N–H and O–H groups in total. The van der Waals surface area contributed by atoms with Gasteiger partial charge in [0.25, 0.3) is 0 Å². The highest BCUT2D eigenvalue weighted by atomic mass is 16.7. The van der Waals surface area contributed by atoms with Crippen molar-refractivity contribution in [2.75, 3.05) is 13.2 Å². The van der Waals surface area contributed by atoms with Gasteiger partial charge in [0, 0.05) is 6.42 Å². The molecule has 0 bridgehead atoms. The van der Waals surface area contributed by atoms with Crippen LogP contribution in [0, 0.1) is 0 Å². The van der Waals surface area contributed by atoms with Gasteiger partial charge in [-0.2, -0.15) is 0 Å². The maximum atomic E-state index is 13.0. The van der Waals surface area contributed by atoms with E-state index in [-0.39, 0.29) is 12.5 Å². The van der Waals surface area contributed by atoms with Crippen LogP contribution >= 0.6 is 0 Å². The number of nitrogens with one attached hydrogen (secondary N) is 1. The number of rotatable bonds is 53. The summed E-state index contributed by atoms with van der Waals surface area (Å²) in [6.07, 6.45) is 58.5. The van der Waals surface area contributed by atoms with E-state index in [1.165, 1.54) is 244 Å². The van der Waals surface area contributed by atoms with Crippen LogP contribution in [-0.2, 0) is 14.3 Å². The summed E-state index contributed by atoms with van der Waals surface area (Å²) in [7, 11) is 0. The highest BCUT2D eigenvalue weighted by molar-refractivity contribution is 5.76. The molecule has 1 rings (SSSR count). The third-order valence-corrected chi connectivity index (χ3v) is 14.8. The summed E-state index contributed by atoms with van der Waals surface area (Å²) in [5, 5.41) is 54.4. The Bertz CT molecular complexity index is 1150. The summed E-state index contributed by atoms with van der Waals surface area (Å²) in [5.74, 6) is -0.172. The number of hydrogen-bond acceptors (Lipinski definition) is 8. The monoisotopic (exact) mass is 992 g/mol. The van der Waals surface area contributed by atoms with Crippen molar-refractivity contribution in [1.82, 2.24) is 5.32 Å². The molecule has 1 aliphatic rings. The topological polar surface area (TPSA) is 149 Å². The molecule has 0 radical (unpaired) electrons. The molecule has 1 saturated heterocycles. The standard InChI is InChI=1S/C61H117NO8/c1-3-5-7-9-11-13-15-17-18-19-20-21-22-23-24-25-26-27-28-29-30-31-32-33-34-35-36-37-38-39-41-43-45-47-49-51-57(65)62-54(53-69-61-60(68)59(67)58(66)56(52-63)70-61)55(64)50-48-46-44-42-40-16-14-12-10-8-6-4-2/h19-20,48,50,54-56,58-61,63-64,66-68H,3-18,21-47,49,51-53H2,1-2H3,(H,62,65)/b20-19-,50-48+. The minimum atomic E-state index is -1.56. The van der Waals surface area contributed by atoms with E-state index in [1.807, 2.05) is 6.08 Å². The molecule has 414 valence electrons. The lowest BCUT2D eigenvalue weighted by atomic mass is 9.99. The fourth-order valence-corrected chi connectivity index (χ4v) is 9.92. The average Bonchev–Trinajstić information content (AvgIpc) is 3.36. The first kappa shape index (κ1) is 66.7. The largest absolute Gasteiger partial charge is 0.394 e. The van der Waals surface area contributed by atoms with Gasteiger partial charge < -0.3 is 40.3 Å². The van der Waals surface area contributed by atoms with Gasteiger partial charge in [-0.25, -0.2) is 0 Å². The zero-order valence-electron chi connectivity index (χ0n) is 46.0. The Balaban J connectivity index is 2.05. The second kappa shape index (κ2) is 51.2. The van der Waals surface area contributed by atoms with E-state index in [0.29, 0.717) is 6.42 Å². The van der Waals surface area contributed by atoms with Gasteiger partial charge in [0.2, 0.25) is 5.91 Å². The van der Waals surface area contributed by atoms with Gasteiger partial charge in [-0.1, -0.05) is 276 Å². The molecular formula is C61H117NO8. The van der Waals surface area contributed by atoms with Crippen molar-refractivity contribution in [3.05, 3.63) is 24.3 Å². The van der Waals surface area contributed by atoms with E-state index >= 15 is 0 Å². The van der Waals surface area contributed by atoms with Crippen molar-refractivity contribution in [1.29, 1.82) is 0 Å². The number of allylic oxidation sites excluding steroid dienone is 3. The molecule has 70 heavy (non-hydrogen) atoms. The molecule has 1 aliphatic heterocycles. The van der Waals surface area contributed by atoms with Gasteiger partial charge in [0.05, 0.1) is 25.4 Å². The zero-order valence-corrected chi connectivity index (χ0v) is 46.0. The molecule has 9 nitrogen and oxygen atoms in total. The summed E-state index contributed by atoms with van der Waals surface area (Å²) in [6.45, 7) is 3.79. The van der Waals surface area contributed by atoms with Gasteiger partial charge in [-0.15, -0.1) is 0 Å². The number of unbranched alkanes of at least 4 members (excludes halogenated alkanes) is 41. The van der Waals surface area contributed by atoms with Crippen molar-refractivity contribution in [3.8, 4) is 0 Å². The number of carbonyl (C=O) groups is 1. The predicted octanol–water partition coefficient (Wildman–Crippen LogP) is 15.4. The lowest BCUT2D eigenvalue weighted by Gasteiger charge is -2.40. The highest BCUT2D eigenvalue weighted by Gasteiger charge is 2.44. The molecule has 0 aliphatic carbocycles. The molecule has 0 saturated carbocycles. The Morgan fingerprint density at radius 2 is 0.800 bits per heavy atom. The first-order chi connectivity index (χ1) is 34.3. The smallest absolute Gasteiger partial charge is 0.220 e. The minimum Gasteiger partial charge on any atom is -0.394 e. The Morgan fingerprint density at radius 1 is 0.471 bits per heavy atom. The van der Waals surface area contributed by atoms with Crippen LogP contribution < -0.4 is 5.32 Å². The second-order valence-corrected chi connectivity index (χ2v) is 21.5. The summed E-state index contributed by atoms with van der Waals surface area (Å²) in [4.78, 5) is 13.0. The van der Waals surface area contributed by atoms with Crippen LogP contribution in [0.1, 0.15) is 303 Å². The van der Waals surface area contributed by atoms with Crippen LogP contribution in [0.4, 0.5) is 0 Å². The van der Waals surface area contributed by atoms with Crippen molar-refractivity contribution in [3.63, 3.8) is 0 Å². The molecule has 0 aromatic heterocycles. The van der Waals surface area contributed by atoms with Crippen LogP contribution in [0.15, 0.2) is 24.3 Å². The molecule has 1 heterocycles. The summed E-state index contributed by atoms with van der Waals surface area (Å²) in [6, 6.07) is -0.800. The Labute approximate surface area is 432 Å². The van der Waals surface area contributed by atoms with Crippen LogP contribution in [0.5, 0.6) is 0 Å². The molecular weight excluding hydrogens is 875 g/mol. The SMILES string of the molecule is CCCCCCCCCC/C=C\CCCCCCCCCCCCCCCCCCCCCCCCCC(=O)NC(COC1OC(CO)C(O)C(O)C1O)C(O)/C=C/CCCCCCCCCCCC. The maximum Gasteiger partial charge on any atom is 0.220 e. The Morgan fingerprint density at radius 3 is 1.16 bits per heavy atom. The molecule has 1 fully saturated rings. The molecule has 7 unspecified atom stereocenters. The van der Waals surface area contributed by atoms with Crippen molar-refractivity contribution >= 4 is 5.91 Å². The number of aliphatic hydroxyl groups excluding tert-OH is 5. The zero-order chi connectivity index (χ0) is 50.8. The first-order valence-corrected chi connectivity index (χ1v) is 30.6. The van der Waals surface area contributed by atoms with E-state index in [1.54, 1.807) is 6.08 Å². The minimum absolute atomic E-state index is 0.172. The first-order valence-electron chi connectivity index (χ1n) is 30.6. The molecule has 0 aromatic carbocycles. The third kappa shape index (κ3) is 40.1. The summed E-state index contributed by atoms with van der Waals surface area (Å²) < 4.78 is 11.2. The third-order valence-electron chi connectivity index (χ3n) is 14.8. The van der Waals surface area contributed by atoms with E-state index in [0.717, 1.165) is 38.5 Å². The molecule has 7 atom stereocenters. The van der Waals surface area contributed by atoms with E-state index < -0.39 is 49.5 Å². The number of hydrogen-bond donors (Lipinski definition) is 6. The van der Waals surface area contributed by atoms with Crippen molar-refractivity contribution in [2.45, 2.75) is 346 Å². The average molecular weight is 993 g/mol. The number of aliphatic hydroxyl groups is 5. The lowest BCUT2D eigenvalue weighted by molar-refractivity contribution is -0.302. The Kier molecular flexibility index (Phi) is 48.7. The van der Waals surface area contributed by atoms with Gasteiger partial charge >= 0.3 is 0 Å². The van der Waals surface area contributed by atoms with Crippen LogP contribution in [0.25, 0.3) is 0 Å². The van der Waals surface area contributed by atoms with Gasteiger partial charge in [-0.3, -0.25) is 4.79 Å². The van der Waals surface area contributed by atoms with Gasteiger partial charge in [0.15, 0.2) is 6.29 Å². The lowest BCUT2D eigenvalue weighted by Crippen LogP contribution is -2.60. The van der Waals surface area contributed by atoms with Gasteiger partial charge in [-0.05, 0) is 44.9 Å². The summed E-state index contributed by atoms with van der Waals surface area (Å²) in [5.41, 5.74) is 0. The molecule has 1 amide bonds. The van der Waals surface area contributed by atoms with Crippen molar-refractivity contribution < 1.29 is 39.8 Å². The molecule has 0 aromatic rings. The normalized spacial score (nSPS) is 19.4. The van der Waals surface area contributed by atoms with Crippen LogP contribution in [0.3, 0.4) is 0 Å². The van der Waals surface area contributed by atoms with E-state index in [2.05, 4.69) is 31.3 Å². The number of amides is 1. The number of carbonyl (C=O) groups excluding carboxylic acids is 1. The van der Waals surface area contributed by atoms with Crippen LogP contribution in [-0.4, -0.2) is 87.5 Å². The summed E-state index contributed by atoms with van der Waals surface area (Å²) >= 11 is 0. The second-order valence-electron chi connectivity index (χ2n) is 21.5. The van der Waals surface area contributed by atoms with Crippen molar-refractivity contribution in [2.24, 2.45) is 0 Å². The Hall–Kier alpha value is -1.33. The fourth-order valence-electron chi connectivity index (χ4n) is 9.92. The maximum absolute atomic E-state index is 13.0. The predicted molar refractivity (Wildman–Crippen MR) is 295 cm³/mol. The fraction of sp³-hybridized carbons (Fsp3) is 0.918. The molecule has 9 heteroatoms. The van der Waals surface area contributed by atoms with E-state index in [9.17, 15) is 30.3 Å².